The molecule has 24 aromatic carbocycles. The number of para-hydroxylation sites is 6. The lowest BCUT2D eigenvalue weighted by molar-refractivity contribution is 1.18. The molecule has 0 bridgehead atoms. The van der Waals surface area contributed by atoms with E-state index in [1.165, 1.54) is 115 Å². The summed E-state index contributed by atoms with van der Waals surface area (Å²) in [7, 11) is 6.46. The highest BCUT2D eigenvalue weighted by molar-refractivity contribution is 6.14. The second-order valence-electron chi connectivity index (χ2n) is 38.2. The Bertz CT molecular complexity index is 8790. The lowest BCUT2D eigenvalue weighted by Crippen LogP contribution is -2.09. The molecule has 0 unspecified atom stereocenters. The van der Waals surface area contributed by atoms with Crippen LogP contribution in [0.1, 0.15) is 0 Å². The molecular formula is C141H104N8. The zero-order valence-corrected chi connectivity index (χ0v) is 82.9. The maximum absolute atomic E-state index is 2.43. The van der Waals surface area contributed by atoms with Gasteiger partial charge in [-0.25, -0.2) is 0 Å². The van der Waals surface area contributed by atoms with E-state index in [9.17, 15) is 0 Å². The molecule has 0 aliphatic rings. The summed E-state index contributed by atoms with van der Waals surface area (Å²) in [6.07, 6.45) is 0. The van der Waals surface area contributed by atoms with Crippen LogP contribution in [-0.2, 0) is 0 Å². The number of anilines is 15. The van der Waals surface area contributed by atoms with Crippen LogP contribution < -0.4 is 29.4 Å². The van der Waals surface area contributed by atoms with Gasteiger partial charge in [0, 0.05) is 156 Å². The molecular weight excluding hydrogens is 1810 g/mol. The number of fused-ring (bicyclic) bond motifs is 9. The fourth-order valence-corrected chi connectivity index (χ4v) is 21.7. The van der Waals surface area contributed by atoms with E-state index in [0.29, 0.717) is 0 Å². The molecule has 8 nitrogen and oxygen atoms in total. The number of rotatable bonds is 23. The van der Waals surface area contributed by atoms with Crippen molar-refractivity contribution in [3.05, 3.63) is 576 Å². The van der Waals surface area contributed by atoms with Gasteiger partial charge in [-0.05, 0) is 320 Å². The summed E-state index contributed by atoms with van der Waals surface area (Å²) in [4.78, 5) is 13.8. The molecule has 0 aliphatic heterocycles. The minimum absolute atomic E-state index is 1.10. The first-order valence-corrected chi connectivity index (χ1v) is 51.0. The van der Waals surface area contributed by atoms with Gasteiger partial charge < -0.3 is 38.5 Å². The van der Waals surface area contributed by atoms with Crippen LogP contribution >= 0.6 is 0 Å². The van der Waals surface area contributed by atoms with Crippen molar-refractivity contribution in [2.75, 3.05) is 50.5 Å². The van der Waals surface area contributed by atoms with Gasteiger partial charge in [-0.3, -0.25) is 0 Å². The van der Waals surface area contributed by atoms with Gasteiger partial charge in [-0.15, -0.1) is 0 Å². The highest BCUT2D eigenvalue weighted by Crippen LogP contribution is 2.47. The van der Waals surface area contributed by atoms with Gasteiger partial charge >= 0.3 is 0 Å². The molecule has 0 saturated carbocycles. The Hall–Kier alpha value is -19.5. The predicted molar refractivity (Wildman–Crippen MR) is 634 cm³/mol. The van der Waals surface area contributed by atoms with Crippen LogP contribution in [0.4, 0.5) is 85.3 Å². The minimum Gasteiger partial charge on any atom is -0.344 e. The first kappa shape index (κ1) is 90.7. The maximum atomic E-state index is 2.43. The monoisotopic (exact) mass is 1910 g/mol. The Morgan fingerprint density at radius 3 is 0.517 bits per heavy atom. The fourth-order valence-electron chi connectivity index (χ4n) is 21.7. The van der Waals surface area contributed by atoms with E-state index in [1.54, 1.807) is 0 Å². The Kier molecular flexibility index (Phi) is 24.3. The summed E-state index contributed by atoms with van der Waals surface area (Å²) in [5, 5.41) is 12.3. The lowest BCUT2D eigenvalue weighted by atomic mass is 9.99. The van der Waals surface area contributed by atoms with E-state index in [-0.39, 0.29) is 0 Å². The third-order valence-electron chi connectivity index (χ3n) is 29.4. The molecule has 149 heavy (non-hydrogen) atoms. The number of hydrogen-bond acceptors (Lipinski definition) is 6. The highest BCUT2D eigenvalue weighted by Gasteiger charge is 2.24. The lowest BCUT2D eigenvalue weighted by Gasteiger charge is -2.25. The van der Waals surface area contributed by atoms with Gasteiger partial charge in [-0.2, -0.15) is 0 Å². The van der Waals surface area contributed by atoms with E-state index < -0.39 is 0 Å². The molecule has 0 saturated heterocycles. The van der Waals surface area contributed by atoms with Crippen molar-refractivity contribution < 1.29 is 0 Å². The van der Waals surface area contributed by atoms with Crippen molar-refractivity contribution in [1.82, 2.24) is 9.13 Å². The van der Waals surface area contributed by atoms with E-state index in [4.69, 9.17) is 0 Å². The summed E-state index contributed by atoms with van der Waals surface area (Å²) in [6.45, 7) is 0. The molecule has 26 rings (SSSR count). The van der Waals surface area contributed by atoms with Crippen LogP contribution in [0, 0.1) is 0 Å². The Morgan fingerprint density at radius 2 is 0.295 bits per heavy atom. The quantitative estimate of drug-likeness (QED) is 0.0634. The van der Waals surface area contributed by atoms with Crippen LogP contribution in [0.5, 0.6) is 0 Å². The van der Waals surface area contributed by atoms with Gasteiger partial charge in [-0.1, -0.05) is 340 Å². The van der Waals surface area contributed by atoms with Crippen LogP contribution in [0.25, 0.3) is 154 Å². The third-order valence-corrected chi connectivity index (χ3v) is 29.4. The second kappa shape index (κ2) is 40.0. The van der Waals surface area contributed by atoms with Gasteiger partial charge in [0.15, 0.2) is 0 Å². The van der Waals surface area contributed by atoms with E-state index in [1.807, 2.05) is 0 Å². The molecule has 0 amide bonds. The Morgan fingerprint density at radius 1 is 0.128 bits per heavy atom. The number of benzene rings is 24. The standard InChI is InChI=1S/C72H52N4.C69H52N4/c1-7-19-59(20-8-1)73(60-21-9-2-10-22-60)65-41-31-53(32-42-65)54-33-47-68(48-34-54)76-71-49-39-57(55-35-43-66(44-36-55)74(61-23-11-3-12-24-61)62-25-13-4-14-26-62)51-69(71)70-52-58(40-50-72(70)76)56-37-45-67(46-38-56)75(63-27-15-5-16-28-63)64-29-17-6-18-30-64;1-70(65-22-10-16-51-13-4-7-19-60(51)65)56-35-25-47(26-36-56)48-31-41-59(42-32-48)73-68-43-33-54(49-27-37-57(38-28-49)71(2)66-23-11-17-52-14-5-8-20-61(52)66)45-63(68)64-46-55(34-44-69(64)73)50-29-39-58(40-30-50)72(3)67-24-12-18-53-15-6-9-21-62(53)67/h1-52H;4-46H,1-3H3. The normalized spacial score (nSPS) is 11.3. The summed E-state index contributed by atoms with van der Waals surface area (Å²) in [5.41, 5.74) is 38.0. The summed E-state index contributed by atoms with van der Waals surface area (Å²) in [6, 6.07) is 208. The molecule has 0 fully saturated rings. The maximum Gasteiger partial charge on any atom is 0.0541 e. The van der Waals surface area contributed by atoms with E-state index in [0.717, 1.165) is 124 Å². The predicted octanol–water partition coefficient (Wildman–Crippen LogP) is 38.7. The second-order valence-corrected chi connectivity index (χ2v) is 38.2. The average molecular weight is 1910 g/mol. The molecule has 0 spiro atoms. The molecule has 26 aromatic rings. The van der Waals surface area contributed by atoms with Crippen molar-refractivity contribution in [2.24, 2.45) is 0 Å². The first-order chi connectivity index (χ1) is 73.6. The molecule has 0 radical (unpaired) electrons. The van der Waals surface area contributed by atoms with E-state index in [2.05, 4.69) is 636 Å². The van der Waals surface area contributed by atoms with Crippen molar-refractivity contribution in [3.8, 4) is 78.1 Å². The van der Waals surface area contributed by atoms with Crippen LogP contribution in [-0.4, -0.2) is 30.3 Å². The Balaban J connectivity index is 0.000000155. The van der Waals surface area contributed by atoms with Gasteiger partial charge in [0.2, 0.25) is 0 Å². The van der Waals surface area contributed by atoms with Crippen molar-refractivity contribution in [1.29, 1.82) is 0 Å². The van der Waals surface area contributed by atoms with Gasteiger partial charge in [0.05, 0.1) is 22.1 Å². The minimum atomic E-state index is 1.10. The van der Waals surface area contributed by atoms with Crippen molar-refractivity contribution >= 4 is 161 Å². The zero-order chi connectivity index (χ0) is 99.6. The number of hydrogen-bond donors (Lipinski definition) is 0. The fraction of sp³-hybridized carbons (Fsp3) is 0.0213. The molecule has 8 heteroatoms. The molecule has 708 valence electrons. The molecule has 2 heterocycles. The summed E-state index contributed by atoms with van der Waals surface area (Å²) >= 11 is 0. The topological polar surface area (TPSA) is 29.3 Å². The van der Waals surface area contributed by atoms with Gasteiger partial charge in [0.1, 0.15) is 0 Å². The SMILES string of the molecule is CN(c1ccc(-c2ccc(-n3c4ccc(-c5ccc(N(C)c6cccc7ccccc67)cc5)cc4c4cc(-c5ccc(N(C)c6cccc7ccccc67)cc5)ccc43)cc2)cc1)c1cccc2ccccc12.c1ccc(N(c2ccccc2)c2ccc(-c3ccc(-n4c5ccc(-c6ccc(N(c7ccccc7)c7ccccc7)cc6)cc5c5cc(-c6ccc(N(c7ccccc7)c7ccccc7)cc6)ccc54)cc3)cc2)cc1. The van der Waals surface area contributed by atoms with Crippen LogP contribution in [0.2, 0.25) is 0 Å². The van der Waals surface area contributed by atoms with Crippen LogP contribution in [0.15, 0.2) is 576 Å². The summed E-state index contributed by atoms with van der Waals surface area (Å²) in [5.74, 6) is 0. The molecule has 0 aliphatic carbocycles. The van der Waals surface area contributed by atoms with E-state index >= 15 is 0 Å². The molecule has 0 atom stereocenters. The van der Waals surface area contributed by atoms with Crippen molar-refractivity contribution in [2.45, 2.75) is 0 Å². The average Bonchev–Trinajstić information content (AvgIpc) is 1.58. The molecule has 2 aromatic heterocycles. The first-order valence-electron chi connectivity index (χ1n) is 51.0. The van der Waals surface area contributed by atoms with Crippen molar-refractivity contribution in [3.63, 3.8) is 0 Å². The zero-order valence-electron chi connectivity index (χ0n) is 82.9. The highest BCUT2D eigenvalue weighted by atomic mass is 15.2. The van der Waals surface area contributed by atoms with Gasteiger partial charge in [0.25, 0.3) is 0 Å². The van der Waals surface area contributed by atoms with Crippen LogP contribution in [0.3, 0.4) is 0 Å². The third kappa shape index (κ3) is 17.8. The smallest absolute Gasteiger partial charge is 0.0541 e. The molecule has 0 N–H and O–H groups in total. The number of aromatic nitrogens is 2. The number of nitrogens with zero attached hydrogens (tertiary/aromatic N) is 8. The summed E-state index contributed by atoms with van der Waals surface area (Å²) < 4.78 is 4.85. The Labute approximate surface area is 869 Å². The largest absolute Gasteiger partial charge is 0.344 e.